The van der Waals surface area contributed by atoms with E-state index in [1.165, 1.54) is 19.1 Å². The van der Waals surface area contributed by atoms with Crippen LogP contribution in [0.25, 0.3) is 16.9 Å². The van der Waals surface area contributed by atoms with Gasteiger partial charge in [0.2, 0.25) is 5.91 Å². The van der Waals surface area contributed by atoms with Crippen molar-refractivity contribution in [2.45, 2.75) is 33.1 Å². The van der Waals surface area contributed by atoms with Crippen molar-refractivity contribution in [3.8, 4) is 11.3 Å². The molecule has 1 saturated heterocycles. The molecule has 1 aliphatic heterocycles. The minimum atomic E-state index is -0.330. The van der Waals surface area contributed by atoms with Gasteiger partial charge < -0.3 is 9.80 Å². The number of fused-ring (bicyclic) bond motifs is 1. The number of hydrogen-bond acceptors (Lipinski definition) is 4. The van der Waals surface area contributed by atoms with Crippen molar-refractivity contribution in [3.05, 3.63) is 53.6 Å². The van der Waals surface area contributed by atoms with Gasteiger partial charge in [0, 0.05) is 50.1 Å². The lowest BCUT2D eigenvalue weighted by Gasteiger charge is -2.34. The SMILES string of the molecule is CC(=O)N1CCN(C(=O)c2cc(-c3ccc(F)cc3)nc3cc(C(C)(C)C)nn23)CC1. The summed E-state index contributed by atoms with van der Waals surface area (Å²) in [4.78, 5) is 33.2. The Morgan fingerprint density at radius 1 is 0.968 bits per heavy atom. The molecule has 3 heterocycles. The van der Waals surface area contributed by atoms with Crippen molar-refractivity contribution in [2.24, 2.45) is 0 Å². The van der Waals surface area contributed by atoms with E-state index in [0.29, 0.717) is 43.2 Å². The molecule has 2 amide bonds. The van der Waals surface area contributed by atoms with E-state index in [0.717, 1.165) is 11.3 Å². The Morgan fingerprint density at radius 2 is 1.58 bits per heavy atom. The number of amides is 2. The van der Waals surface area contributed by atoms with E-state index in [1.807, 2.05) is 6.07 Å². The third-order valence-corrected chi connectivity index (χ3v) is 5.57. The Balaban J connectivity index is 1.78. The number of halogens is 1. The van der Waals surface area contributed by atoms with Crippen molar-refractivity contribution in [2.75, 3.05) is 26.2 Å². The number of piperazine rings is 1. The molecule has 3 aromatic rings. The summed E-state index contributed by atoms with van der Waals surface area (Å²) in [5, 5.41) is 4.67. The summed E-state index contributed by atoms with van der Waals surface area (Å²) in [6, 6.07) is 9.64. The number of carbonyl (C=O) groups is 2. The molecule has 7 nitrogen and oxygen atoms in total. The molecule has 0 radical (unpaired) electrons. The number of carbonyl (C=O) groups excluding carboxylic acids is 2. The number of aromatic nitrogens is 3. The van der Waals surface area contributed by atoms with Gasteiger partial charge in [0.1, 0.15) is 11.5 Å². The monoisotopic (exact) mass is 423 g/mol. The predicted octanol–water partition coefficient (Wildman–Crippen LogP) is 3.14. The minimum Gasteiger partial charge on any atom is -0.339 e. The summed E-state index contributed by atoms with van der Waals surface area (Å²) < 4.78 is 15.0. The molecular weight excluding hydrogens is 397 g/mol. The zero-order valence-electron chi connectivity index (χ0n) is 18.2. The van der Waals surface area contributed by atoms with Gasteiger partial charge in [-0.2, -0.15) is 5.10 Å². The summed E-state index contributed by atoms with van der Waals surface area (Å²) in [6.45, 7) is 9.63. The van der Waals surface area contributed by atoms with Crippen LogP contribution in [0.3, 0.4) is 0 Å². The van der Waals surface area contributed by atoms with Crippen LogP contribution < -0.4 is 0 Å². The molecule has 162 valence electrons. The average Bonchev–Trinajstić information content (AvgIpc) is 3.18. The van der Waals surface area contributed by atoms with Crippen LogP contribution in [-0.4, -0.2) is 62.4 Å². The third kappa shape index (κ3) is 4.15. The van der Waals surface area contributed by atoms with Crippen LogP contribution in [0.4, 0.5) is 4.39 Å². The van der Waals surface area contributed by atoms with Gasteiger partial charge >= 0.3 is 0 Å². The maximum Gasteiger partial charge on any atom is 0.272 e. The van der Waals surface area contributed by atoms with E-state index in [9.17, 15) is 14.0 Å². The van der Waals surface area contributed by atoms with Crippen molar-refractivity contribution >= 4 is 17.5 Å². The Bertz CT molecular complexity index is 1140. The second kappa shape index (κ2) is 7.76. The van der Waals surface area contributed by atoms with E-state index >= 15 is 0 Å². The van der Waals surface area contributed by atoms with Crippen molar-refractivity contribution < 1.29 is 14.0 Å². The lowest BCUT2D eigenvalue weighted by Crippen LogP contribution is -2.50. The van der Waals surface area contributed by atoms with Crippen LogP contribution >= 0.6 is 0 Å². The van der Waals surface area contributed by atoms with Crippen molar-refractivity contribution in [1.29, 1.82) is 0 Å². The van der Waals surface area contributed by atoms with Crippen LogP contribution in [-0.2, 0) is 10.2 Å². The van der Waals surface area contributed by atoms with Crippen LogP contribution in [0, 0.1) is 5.82 Å². The van der Waals surface area contributed by atoms with Gasteiger partial charge in [-0.15, -0.1) is 0 Å². The molecule has 0 bridgehead atoms. The van der Waals surface area contributed by atoms with Gasteiger partial charge in [0.25, 0.3) is 5.91 Å². The largest absolute Gasteiger partial charge is 0.339 e. The fourth-order valence-corrected chi connectivity index (χ4v) is 3.65. The van der Waals surface area contributed by atoms with Crippen molar-refractivity contribution in [3.63, 3.8) is 0 Å². The molecule has 1 aromatic carbocycles. The maximum atomic E-state index is 13.5. The van der Waals surface area contributed by atoms with Gasteiger partial charge in [-0.1, -0.05) is 20.8 Å². The molecule has 1 fully saturated rings. The summed E-state index contributed by atoms with van der Waals surface area (Å²) in [7, 11) is 0. The van der Waals surface area contributed by atoms with Crippen molar-refractivity contribution in [1.82, 2.24) is 24.4 Å². The molecule has 31 heavy (non-hydrogen) atoms. The van der Waals surface area contributed by atoms with E-state index < -0.39 is 0 Å². The summed E-state index contributed by atoms with van der Waals surface area (Å²) >= 11 is 0. The quantitative estimate of drug-likeness (QED) is 0.635. The van der Waals surface area contributed by atoms with Gasteiger partial charge in [0.05, 0.1) is 11.4 Å². The van der Waals surface area contributed by atoms with E-state index in [4.69, 9.17) is 0 Å². The fraction of sp³-hybridized carbons (Fsp3) is 0.391. The average molecular weight is 423 g/mol. The maximum absolute atomic E-state index is 13.5. The molecule has 2 aromatic heterocycles. The Labute approximate surface area is 180 Å². The van der Waals surface area contributed by atoms with Crippen LogP contribution in [0.1, 0.15) is 43.9 Å². The van der Waals surface area contributed by atoms with Crippen LogP contribution in [0.15, 0.2) is 36.4 Å². The molecule has 4 rings (SSSR count). The highest BCUT2D eigenvalue weighted by atomic mass is 19.1. The zero-order valence-corrected chi connectivity index (χ0v) is 18.2. The predicted molar refractivity (Wildman–Crippen MR) is 115 cm³/mol. The van der Waals surface area contributed by atoms with Crippen LogP contribution in [0.5, 0.6) is 0 Å². The highest BCUT2D eigenvalue weighted by Crippen LogP contribution is 2.26. The van der Waals surface area contributed by atoms with Gasteiger partial charge in [-0.3, -0.25) is 9.59 Å². The first-order chi connectivity index (χ1) is 14.6. The van der Waals surface area contributed by atoms with E-state index in [1.54, 1.807) is 32.5 Å². The topological polar surface area (TPSA) is 70.8 Å². The second-order valence-electron chi connectivity index (χ2n) is 8.88. The molecular formula is C23H26FN5O2. The Hall–Kier alpha value is -3.29. The smallest absolute Gasteiger partial charge is 0.272 e. The molecule has 0 spiro atoms. The number of rotatable bonds is 2. The molecule has 0 aliphatic carbocycles. The second-order valence-corrected chi connectivity index (χ2v) is 8.88. The van der Waals surface area contributed by atoms with Gasteiger partial charge in [0.15, 0.2) is 5.65 Å². The van der Waals surface area contributed by atoms with Crippen LogP contribution in [0.2, 0.25) is 0 Å². The molecule has 8 heteroatoms. The molecule has 0 N–H and O–H groups in total. The normalized spacial score (nSPS) is 14.9. The van der Waals surface area contributed by atoms with E-state index in [-0.39, 0.29) is 23.0 Å². The van der Waals surface area contributed by atoms with Gasteiger partial charge in [-0.25, -0.2) is 13.9 Å². The Morgan fingerprint density at radius 3 is 2.16 bits per heavy atom. The molecule has 0 atom stereocenters. The lowest BCUT2D eigenvalue weighted by molar-refractivity contribution is -0.130. The molecule has 1 aliphatic rings. The highest BCUT2D eigenvalue weighted by Gasteiger charge is 2.27. The number of hydrogen-bond donors (Lipinski definition) is 0. The number of nitrogens with zero attached hydrogens (tertiary/aromatic N) is 5. The zero-order chi connectivity index (χ0) is 22.3. The number of benzene rings is 1. The lowest BCUT2D eigenvalue weighted by atomic mass is 9.93. The standard InChI is InChI=1S/C23H26FN5O2/c1-15(30)27-9-11-28(12-10-27)22(31)19-13-18(16-5-7-17(24)8-6-16)25-21-14-20(23(2,3)4)26-29(19)21/h5-8,13-14H,9-12H2,1-4H3. The van der Waals surface area contributed by atoms with Gasteiger partial charge in [-0.05, 0) is 30.3 Å². The summed E-state index contributed by atoms with van der Waals surface area (Å²) in [5.41, 5.74) is 2.88. The first-order valence-corrected chi connectivity index (χ1v) is 10.4. The fourth-order valence-electron chi connectivity index (χ4n) is 3.65. The first-order valence-electron chi connectivity index (χ1n) is 10.4. The Kier molecular flexibility index (Phi) is 5.24. The first kappa shape index (κ1) is 21.0. The summed E-state index contributed by atoms with van der Waals surface area (Å²) in [6.07, 6.45) is 0. The highest BCUT2D eigenvalue weighted by molar-refractivity contribution is 5.94. The third-order valence-electron chi connectivity index (χ3n) is 5.57. The summed E-state index contributed by atoms with van der Waals surface area (Å²) in [5.74, 6) is -0.481. The molecule has 0 unspecified atom stereocenters. The minimum absolute atomic E-state index is 0.0129. The van der Waals surface area contributed by atoms with E-state index in [2.05, 4.69) is 30.9 Å². The molecule has 0 saturated carbocycles.